The molecule has 3 rings (SSSR count). The quantitative estimate of drug-likeness (QED) is 0.811. The van der Waals surface area contributed by atoms with Gasteiger partial charge in [0.1, 0.15) is 11.5 Å². The summed E-state index contributed by atoms with van der Waals surface area (Å²) in [5.74, 6) is -0.0797. The first kappa shape index (κ1) is 17.5. The zero-order valence-corrected chi connectivity index (χ0v) is 14.8. The molecule has 0 saturated carbocycles. The van der Waals surface area contributed by atoms with E-state index in [-0.39, 0.29) is 24.7 Å². The maximum absolute atomic E-state index is 12.4. The molecule has 1 N–H and O–H groups in total. The van der Waals surface area contributed by atoms with Crippen LogP contribution < -0.4 is 5.32 Å². The molecule has 1 amide bonds. The third kappa shape index (κ3) is 3.87. The summed E-state index contributed by atoms with van der Waals surface area (Å²) >= 11 is 0. The Morgan fingerprint density at radius 2 is 2.20 bits per heavy atom. The third-order valence-electron chi connectivity index (χ3n) is 4.26. The third-order valence-corrected chi connectivity index (χ3v) is 4.26. The van der Waals surface area contributed by atoms with E-state index in [1.165, 1.54) is 0 Å². The van der Waals surface area contributed by atoms with Gasteiger partial charge in [0.25, 0.3) is 5.91 Å². The van der Waals surface area contributed by atoms with Crippen LogP contribution in [-0.4, -0.2) is 42.3 Å². The topological polar surface area (TPSA) is 82.7 Å². The number of amides is 1. The maximum atomic E-state index is 12.4. The highest BCUT2D eigenvalue weighted by molar-refractivity contribution is 5.95. The van der Waals surface area contributed by atoms with Crippen molar-refractivity contribution in [2.75, 3.05) is 19.8 Å². The number of aromatic nitrogens is 1. The van der Waals surface area contributed by atoms with Gasteiger partial charge in [0.15, 0.2) is 12.2 Å². The van der Waals surface area contributed by atoms with Gasteiger partial charge in [-0.05, 0) is 33.6 Å². The zero-order chi connectivity index (χ0) is 18.0. The number of fused-ring (bicyclic) bond motifs is 1. The molecule has 1 aliphatic rings. The first-order valence-electron chi connectivity index (χ1n) is 8.62. The molecule has 136 valence electrons. The van der Waals surface area contributed by atoms with Crippen LogP contribution in [0.25, 0.3) is 11.1 Å². The number of aryl methyl sites for hydroxylation is 1. The van der Waals surface area contributed by atoms with E-state index in [2.05, 4.69) is 5.32 Å². The average Bonchev–Trinajstić information content (AvgIpc) is 3.25. The van der Waals surface area contributed by atoms with Gasteiger partial charge in [-0.25, -0.2) is 4.79 Å². The molecule has 0 radical (unpaired) electrons. The highest BCUT2D eigenvalue weighted by Gasteiger charge is 2.22. The van der Waals surface area contributed by atoms with Crippen LogP contribution in [-0.2, 0) is 14.3 Å². The van der Waals surface area contributed by atoms with E-state index in [0.717, 1.165) is 30.7 Å². The summed E-state index contributed by atoms with van der Waals surface area (Å²) in [5, 5.41) is 2.73. The Hall–Kier alpha value is -2.28. The highest BCUT2D eigenvalue weighted by atomic mass is 16.5. The lowest BCUT2D eigenvalue weighted by molar-refractivity contribution is -0.124. The van der Waals surface area contributed by atoms with E-state index < -0.39 is 5.97 Å². The van der Waals surface area contributed by atoms with Crippen molar-refractivity contribution in [3.8, 4) is 0 Å². The summed E-state index contributed by atoms with van der Waals surface area (Å²) in [7, 11) is 0. The van der Waals surface area contributed by atoms with E-state index in [0.29, 0.717) is 17.8 Å². The fourth-order valence-electron chi connectivity index (χ4n) is 3.14. The predicted octanol–water partition coefficient (Wildman–Crippen LogP) is 2.58. The molecule has 7 nitrogen and oxygen atoms in total. The Bertz CT molecular complexity index is 768. The summed E-state index contributed by atoms with van der Waals surface area (Å²) in [4.78, 5) is 24.2. The van der Waals surface area contributed by atoms with Gasteiger partial charge in [-0.1, -0.05) is 0 Å². The van der Waals surface area contributed by atoms with Crippen LogP contribution in [0.3, 0.4) is 0 Å². The predicted molar refractivity (Wildman–Crippen MR) is 91.6 cm³/mol. The van der Waals surface area contributed by atoms with E-state index in [9.17, 15) is 9.59 Å². The van der Waals surface area contributed by atoms with E-state index in [4.69, 9.17) is 13.9 Å². The van der Waals surface area contributed by atoms with Gasteiger partial charge in [0, 0.05) is 31.3 Å². The largest absolute Gasteiger partial charge is 0.460 e. The van der Waals surface area contributed by atoms with E-state index >= 15 is 0 Å². The van der Waals surface area contributed by atoms with Gasteiger partial charge >= 0.3 is 5.97 Å². The molecule has 25 heavy (non-hydrogen) atoms. The number of rotatable bonds is 6. The lowest BCUT2D eigenvalue weighted by Crippen LogP contribution is -2.35. The van der Waals surface area contributed by atoms with Crippen LogP contribution in [0.5, 0.6) is 0 Å². The molecule has 2 aromatic heterocycles. The number of furan rings is 1. The summed E-state index contributed by atoms with van der Waals surface area (Å²) in [6.45, 7) is 6.70. The summed E-state index contributed by atoms with van der Waals surface area (Å²) in [5.41, 5.74) is 1.87. The number of nitrogens with zero attached hydrogens (tertiary/aromatic N) is 1. The first-order valence-corrected chi connectivity index (χ1v) is 8.62. The van der Waals surface area contributed by atoms with Crippen molar-refractivity contribution in [1.82, 2.24) is 9.88 Å². The Balaban J connectivity index is 1.60. The minimum atomic E-state index is -0.537. The molecule has 1 atom stereocenters. The maximum Gasteiger partial charge on any atom is 0.355 e. The van der Waals surface area contributed by atoms with Gasteiger partial charge in [0.2, 0.25) is 0 Å². The lowest BCUT2D eigenvalue weighted by Gasteiger charge is -2.14. The van der Waals surface area contributed by atoms with Crippen LogP contribution >= 0.6 is 0 Å². The van der Waals surface area contributed by atoms with Crippen molar-refractivity contribution in [2.45, 2.75) is 45.8 Å². The van der Waals surface area contributed by atoms with E-state index in [1.54, 1.807) is 6.07 Å². The monoisotopic (exact) mass is 348 g/mol. The molecule has 0 bridgehead atoms. The highest BCUT2D eigenvalue weighted by Crippen LogP contribution is 2.27. The SMILES string of the molecule is Cc1cc2c(cc(C(=O)OCC(=O)NCC3CCCO3)n2C(C)C)o1. The molecule has 3 heterocycles. The summed E-state index contributed by atoms with van der Waals surface area (Å²) in [6, 6.07) is 3.61. The number of carbonyl (C=O) groups is 2. The molecule has 1 aliphatic heterocycles. The lowest BCUT2D eigenvalue weighted by atomic mass is 10.2. The second-order valence-corrected chi connectivity index (χ2v) is 6.62. The van der Waals surface area contributed by atoms with Crippen LogP contribution in [0.1, 0.15) is 49.0 Å². The Morgan fingerprint density at radius 3 is 2.88 bits per heavy atom. The van der Waals surface area contributed by atoms with Crippen molar-refractivity contribution < 1.29 is 23.5 Å². The molecular weight excluding hydrogens is 324 g/mol. The Labute approximate surface area is 146 Å². The van der Waals surface area contributed by atoms with Crippen molar-refractivity contribution in [3.63, 3.8) is 0 Å². The minimum absolute atomic E-state index is 0.0605. The second-order valence-electron chi connectivity index (χ2n) is 6.62. The first-order chi connectivity index (χ1) is 12.0. The fourth-order valence-corrected chi connectivity index (χ4v) is 3.14. The fraction of sp³-hybridized carbons (Fsp3) is 0.556. The standard InChI is InChI=1S/C18H24N2O5/c1-11(2)20-14-7-12(3)25-16(14)8-15(20)18(22)24-10-17(21)19-9-13-5-4-6-23-13/h7-8,11,13H,4-6,9-10H2,1-3H3,(H,19,21). The molecule has 1 saturated heterocycles. The normalized spacial score (nSPS) is 17.4. The number of ether oxygens (including phenoxy) is 2. The van der Waals surface area contributed by atoms with Crippen LogP contribution in [0, 0.1) is 6.92 Å². The van der Waals surface area contributed by atoms with Crippen molar-refractivity contribution in [2.24, 2.45) is 0 Å². The van der Waals surface area contributed by atoms with Crippen LogP contribution in [0.2, 0.25) is 0 Å². The molecular formula is C18H24N2O5. The van der Waals surface area contributed by atoms with Crippen LogP contribution in [0.4, 0.5) is 0 Å². The summed E-state index contributed by atoms with van der Waals surface area (Å²) < 4.78 is 18.1. The summed E-state index contributed by atoms with van der Waals surface area (Å²) in [6.07, 6.45) is 2.02. The van der Waals surface area contributed by atoms with Crippen molar-refractivity contribution >= 4 is 23.0 Å². The number of hydrogen-bond acceptors (Lipinski definition) is 5. The second kappa shape index (κ2) is 7.31. The average molecular weight is 348 g/mol. The zero-order valence-electron chi connectivity index (χ0n) is 14.8. The molecule has 2 aromatic rings. The van der Waals surface area contributed by atoms with Gasteiger partial charge in [-0.2, -0.15) is 0 Å². The molecule has 1 fully saturated rings. The Morgan fingerprint density at radius 1 is 1.40 bits per heavy atom. The smallest absolute Gasteiger partial charge is 0.355 e. The minimum Gasteiger partial charge on any atom is -0.460 e. The number of nitrogens with one attached hydrogen (secondary N) is 1. The number of esters is 1. The van der Waals surface area contributed by atoms with Crippen molar-refractivity contribution in [3.05, 3.63) is 23.6 Å². The van der Waals surface area contributed by atoms with Gasteiger partial charge in [-0.3, -0.25) is 4.79 Å². The van der Waals surface area contributed by atoms with Gasteiger partial charge in [-0.15, -0.1) is 0 Å². The molecule has 1 unspecified atom stereocenters. The van der Waals surface area contributed by atoms with Crippen molar-refractivity contribution in [1.29, 1.82) is 0 Å². The number of carbonyl (C=O) groups excluding carboxylic acids is 2. The van der Waals surface area contributed by atoms with Crippen LogP contribution in [0.15, 0.2) is 16.5 Å². The molecule has 7 heteroatoms. The van der Waals surface area contributed by atoms with Gasteiger partial charge in [0.05, 0.1) is 11.6 Å². The van der Waals surface area contributed by atoms with E-state index in [1.807, 2.05) is 31.4 Å². The van der Waals surface area contributed by atoms with Gasteiger partial charge < -0.3 is 23.8 Å². The molecule has 0 spiro atoms. The number of hydrogen-bond donors (Lipinski definition) is 1. The molecule has 0 aromatic carbocycles. The molecule has 0 aliphatic carbocycles. The Kier molecular flexibility index (Phi) is 5.13.